The van der Waals surface area contributed by atoms with Gasteiger partial charge in [0.1, 0.15) is 11.8 Å². The maximum atomic E-state index is 12.9. The number of amides is 1. The molecule has 1 aromatic carbocycles. The molecule has 1 amide bonds. The Morgan fingerprint density at radius 3 is 2.43 bits per heavy atom. The summed E-state index contributed by atoms with van der Waals surface area (Å²) in [6.07, 6.45) is 0.529. The fourth-order valence-electron chi connectivity index (χ4n) is 3.66. The van der Waals surface area contributed by atoms with Gasteiger partial charge in [-0.15, -0.1) is 0 Å². The Balaban J connectivity index is 1.62. The number of aromatic nitrogens is 2. The van der Waals surface area contributed by atoms with E-state index in [-0.39, 0.29) is 11.8 Å². The van der Waals surface area contributed by atoms with Gasteiger partial charge >= 0.3 is 0 Å². The molecule has 146 valence electrons. The molecule has 2 aromatic rings. The lowest BCUT2D eigenvalue weighted by Crippen LogP contribution is -2.49. The Labute approximate surface area is 166 Å². The molecule has 0 N–H and O–H groups in total. The van der Waals surface area contributed by atoms with Crippen LogP contribution in [0.15, 0.2) is 36.4 Å². The van der Waals surface area contributed by atoms with E-state index in [9.17, 15) is 4.79 Å². The summed E-state index contributed by atoms with van der Waals surface area (Å²) in [5.41, 5.74) is 2.38. The van der Waals surface area contributed by atoms with E-state index >= 15 is 0 Å². The predicted molar refractivity (Wildman–Crippen MR) is 109 cm³/mol. The van der Waals surface area contributed by atoms with Gasteiger partial charge in [0, 0.05) is 38.3 Å². The number of anilines is 1. The van der Waals surface area contributed by atoms with Crippen LogP contribution in [0.1, 0.15) is 43.1 Å². The molecule has 6 heteroatoms. The predicted octanol–water partition coefficient (Wildman–Crippen LogP) is 3.14. The summed E-state index contributed by atoms with van der Waals surface area (Å²) in [5, 5.41) is 9.11. The molecule has 1 unspecified atom stereocenters. The number of hydrogen-bond donors (Lipinski definition) is 0. The molecule has 0 saturated carbocycles. The highest BCUT2D eigenvalue weighted by Crippen LogP contribution is 2.28. The molecular formula is C22H27N5O. The molecular weight excluding hydrogens is 350 g/mol. The third kappa shape index (κ3) is 4.66. The van der Waals surface area contributed by atoms with Gasteiger partial charge in [0.05, 0.1) is 0 Å². The molecule has 1 aliphatic rings. The number of benzene rings is 1. The van der Waals surface area contributed by atoms with Gasteiger partial charge in [0.25, 0.3) is 0 Å². The highest BCUT2D eigenvalue weighted by Gasteiger charge is 2.26. The Bertz CT molecular complexity index is 851. The third-order valence-electron chi connectivity index (χ3n) is 5.30. The number of aryl methyl sites for hydroxylation is 1. The van der Waals surface area contributed by atoms with Crippen molar-refractivity contribution >= 4 is 11.9 Å². The van der Waals surface area contributed by atoms with Gasteiger partial charge < -0.3 is 9.80 Å². The minimum Gasteiger partial charge on any atom is -0.339 e. The van der Waals surface area contributed by atoms with Crippen molar-refractivity contribution in [3.8, 4) is 6.07 Å². The Hall–Kier alpha value is -2.94. The summed E-state index contributed by atoms with van der Waals surface area (Å²) >= 11 is 0. The van der Waals surface area contributed by atoms with Crippen LogP contribution in [0.4, 0.5) is 5.95 Å². The molecule has 2 heterocycles. The molecule has 3 rings (SSSR count). The SMILES string of the molecule is Cc1cc(C#N)nc(N2CCN(C(=O)CC(c3ccccc3)C(C)C)CC2)n1. The normalized spacial score (nSPS) is 15.4. The molecule has 0 radical (unpaired) electrons. The van der Waals surface area contributed by atoms with Crippen LogP contribution in [0, 0.1) is 24.2 Å². The Morgan fingerprint density at radius 1 is 1.14 bits per heavy atom. The van der Waals surface area contributed by atoms with E-state index in [0.717, 1.165) is 5.69 Å². The lowest BCUT2D eigenvalue weighted by atomic mass is 9.85. The summed E-state index contributed by atoms with van der Waals surface area (Å²) in [5.74, 6) is 1.40. The van der Waals surface area contributed by atoms with E-state index in [2.05, 4.69) is 46.9 Å². The molecule has 28 heavy (non-hydrogen) atoms. The van der Waals surface area contributed by atoms with Crippen molar-refractivity contribution in [3.63, 3.8) is 0 Å². The molecule has 0 bridgehead atoms. The van der Waals surface area contributed by atoms with Crippen LogP contribution < -0.4 is 4.90 Å². The van der Waals surface area contributed by atoms with Crippen molar-refractivity contribution in [2.75, 3.05) is 31.1 Å². The second kappa shape index (κ2) is 8.83. The van der Waals surface area contributed by atoms with Gasteiger partial charge in [-0.1, -0.05) is 44.2 Å². The van der Waals surface area contributed by atoms with Crippen LogP contribution in [0.5, 0.6) is 0 Å². The average Bonchev–Trinajstić information content (AvgIpc) is 2.71. The van der Waals surface area contributed by atoms with Crippen LogP contribution in [0.2, 0.25) is 0 Å². The van der Waals surface area contributed by atoms with Crippen LogP contribution in [-0.2, 0) is 4.79 Å². The van der Waals surface area contributed by atoms with Gasteiger partial charge in [0.15, 0.2) is 0 Å². The zero-order valence-electron chi connectivity index (χ0n) is 16.8. The average molecular weight is 377 g/mol. The maximum Gasteiger partial charge on any atom is 0.226 e. The van der Waals surface area contributed by atoms with Crippen molar-refractivity contribution in [1.82, 2.24) is 14.9 Å². The van der Waals surface area contributed by atoms with Crippen molar-refractivity contribution in [1.29, 1.82) is 5.26 Å². The summed E-state index contributed by atoms with van der Waals surface area (Å²) in [6, 6.07) is 14.0. The zero-order valence-corrected chi connectivity index (χ0v) is 16.8. The fourth-order valence-corrected chi connectivity index (χ4v) is 3.66. The molecule has 0 aliphatic carbocycles. The summed E-state index contributed by atoms with van der Waals surface area (Å²) in [4.78, 5) is 25.7. The van der Waals surface area contributed by atoms with E-state index in [4.69, 9.17) is 5.26 Å². The number of piperazine rings is 1. The number of hydrogen-bond acceptors (Lipinski definition) is 5. The van der Waals surface area contributed by atoms with Gasteiger partial charge in [-0.3, -0.25) is 4.79 Å². The molecule has 1 aromatic heterocycles. The van der Waals surface area contributed by atoms with Crippen molar-refractivity contribution in [2.24, 2.45) is 5.92 Å². The first-order chi connectivity index (χ1) is 13.5. The first kappa shape index (κ1) is 19.8. The number of rotatable bonds is 5. The molecule has 1 fully saturated rings. The number of carbonyl (C=O) groups is 1. The molecule has 1 saturated heterocycles. The number of nitrogens with zero attached hydrogens (tertiary/aromatic N) is 5. The minimum absolute atomic E-state index is 0.199. The number of carbonyl (C=O) groups excluding carboxylic acids is 1. The van der Waals surface area contributed by atoms with Crippen LogP contribution in [0.3, 0.4) is 0 Å². The summed E-state index contributed by atoms with van der Waals surface area (Å²) in [6.45, 7) is 8.86. The van der Waals surface area contributed by atoms with Gasteiger partial charge in [0.2, 0.25) is 11.9 Å². The van der Waals surface area contributed by atoms with E-state index in [0.29, 0.717) is 50.2 Å². The maximum absolute atomic E-state index is 12.9. The van der Waals surface area contributed by atoms with Gasteiger partial charge in [-0.2, -0.15) is 5.26 Å². The lowest BCUT2D eigenvalue weighted by molar-refractivity contribution is -0.132. The first-order valence-electron chi connectivity index (χ1n) is 9.81. The summed E-state index contributed by atoms with van der Waals surface area (Å²) in [7, 11) is 0. The second-order valence-corrected chi connectivity index (χ2v) is 7.64. The largest absolute Gasteiger partial charge is 0.339 e. The highest BCUT2D eigenvalue weighted by molar-refractivity contribution is 5.77. The molecule has 1 atom stereocenters. The van der Waals surface area contributed by atoms with E-state index < -0.39 is 0 Å². The van der Waals surface area contributed by atoms with Crippen LogP contribution in [0.25, 0.3) is 0 Å². The molecule has 0 spiro atoms. The van der Waals surface area contributed by atoms with Crippen molar-refractivity contribution < 1.29 is 4.79 Å². The summed E-state index contributed by atoms with van der Waals surface area (Å²) < 4.78 is 0. The number of nitriles is 1. The van der Waals surface area contributed by atoms with E-state index in [1.54, 1.807) is 6.07 Å². The molecule has 1 aliphatic heterocycles. The third-order valence-corrected chi connectivity index (χ3v) is 5.30. The monoisotopic (exact) mass is 377 g/mol. The standard InChI is InChI=1S/C22H27N5O/c1-16(2)20(18-7-5-4-6-8-18)14-21(28)26-9-11-27(12-10-26)22-24-17(3)13-19(15-23)25-22/h4-8,13,16,20H,9-12,14H2,1-3H3. The first-order valence-corrected chi connectivity index (χ1v) is 9.81. The molecule has 6 nitrogen and oxygen atoms in total. The zero-order chi connectivity index (χ0) is 20.1. The Kier molecular flexibility index (Phi) is 6.25. The quantitative estimate of drug-likeness (QED) is 0.800. The Morgan fingerprint density at radius 2 is 1.82 bits per heavy atom. The van der Waals surface area contributed by atoms with Gasteiger partial charge in [-0.05, 0) is 30.4 Å². The highest BCUT2D eigenvalue weighted by atomic mass is 16.2. The smallest absolute Gasteiger partial charge is 0.226 e. The van der Waals surface area contributed by atoms with E-state index in [1.165, 1.54) is 5.56 Å². The van der Waals surface area contributed by atoms with E-state index in [1.807, 2.05) is 30.0 Å². The van der Waals surface area contributed by atoms with Crippen LogP contribution >= 0.6 is 0 Å². The van der Waals surface area contributed by atoms with Crippen molar-refractivity contribution in [2.45, 2.75) is 33.1 Å². The minimum atomic E-state index is 0.199. The lowest BCUT2D eigenvalue weighted by Gasteiger charge is -2.36. The topological polar surface area (TPSA) is 73.1 Å². The van der Waals surface area contributed by atoms with Crippen LogP contribution in [-0.4, -0.2) is 47.0 Å². The second-order valence-electron chi connectivity index (χ2n) is 7.64. The fraction of sp³-hybridized carbons (Fsp3) is 0.455. The van der Waals surface area contributed by atoms with Crippen molar-refractivity contribution in [3.05, 3.63) is 53.3 Å². The van der Waals surface area contributed by atoms with Gasteiger partial charge in [-0.25, -0.2) is 9.97 Å².